The number of benzene rings is 3. The van der Waals surface area contributed by atoms with Crippen molar-refractivity contribution in [2.45, 2.75) is 6.61 Å². The summed E-state index contributed by atoms with van der Waals surface area (Å²) >= 11 is 0. The number of nitriles is 1. The van der Waals surface area contributed by atoms with Crippen molar-refractivity contribution in [1.29, 1.82) is 5.26 Å². The second-order valence-corrected chi connectivity index (χ2v) is 7.49. The zero-order chi connectivity index (χ0) is 23.7. The van der Waals surface area contributed by atoms with E-state index < -0.39 is 12.4 Å². The van der Waals surface area contributed by atoms with Crippen molar-refractivity contribution in [2.24, 2.45) is 0 Å². The molecule has 2 aromatic heterocycles. The van der Waals surface area contributed by atoms with Crippen LogP contribution >= 0.6 is 0 Å². The van der Waals surface area contributed by atoms with E-state index in [1.54, 1.807) is 48.6 Å². The van der Waals surface area contributed by atoms with Crippen LogP contribution in [-0.4, -0.2) is 16.0 Å². The summed E-state index contributed by atoms with van der Waals surface area (Å²) in [6, 6.07) is 24.0. The van der Waals surface area contributed by atoms with Gasteiger partial charge in [0.05, 0.1) is 16.7 Å². The number of aromatic nitrogens is 2. The molecule has 5 rings (SSSR count). The molecule has 0 saturated heterocycles. The maximum absolute atomic E-state index is 14.1. The molecule has 0 N–H and O–H groups in total. The van der Waals surface area contributed by atoms with Gasteiger partial charge >= 0.3 is 6.61 Å². The highest BCUT2D eigenvalue weighted by Gasteiger charge is 2.17. The largest absolute Gasteiger partial charge is 0.434 e. The molecular weight excluding hydrogens is 439 g/mol. The quantitative estimate of drug-likeness (QED) is 0.289. The normalized spacial score (nSPS) is 11.5. The average molecular weight is 455 g/mol. The lowest BCUT2D eigenvalue weighted by molar-refractivity contribution is -0.0499. The highest BCUT2D eigenvalue weighted by Crippen LogP contribution is 2.32. The molecule has 2 heterocycles. The van der Waals surface area contributed by atoms with Gasteiger partial charge in [-0.3, -0.25) is 4.40 Å². The lowest BCUT2D eigenvalue weighted by Crippen LogP contribution is -2.03. The summed E-state index contributed by atoms with van der Waals surface area (Å²) in [5.74, 6) is -0.375. The van der Waals surface area contributed by atoms with E-state index in [9.17, 15) is 18.4 Å². The molecule has 5 aromatic rings. The smallest absolute Gasteiger partial charge is 0.387 e. The zero-order valence-electron chi connectivity index (χ0n) is 17.6. The van der Waals surface area contributed by atoms with Crippen molar-refractivity contribution in [1.82, 2.24) is 9.38 Å². The Morgan fingerprint density at radius 3 is 2.47 bits per heavy atom. The molecule has 3 aromatic carbocycles. The molecule has 0 radical (unpaired) electrons. The van der Waals surface area contributed by atoms with Crippen LogP contribution in [0.2, 0.25) is 0 Å². The Kier molecular flexibility index (Phi) is 5.48. The molecule has 0 saturated carbocycles. The van der Waals surface area contributed by atoms with Crippen molar-refractivity contribution in [3.05, 3.63) is 101 Å². The van der Waals surface area contributed by atoms with Gasteiger partial charge in [0.15, 0.2) is 5.65 Å². The van der Waals surface area contributed by atoms with Crippen molar-refractivity contribution in [3.63, 3.8) is 0 Å². The molecule has 0 aliphatic heterocycles. The highest BCUT2D eigenvalue weighted by molar-refractivity contribution is 5.89. The molecule has 0 aliphatic carbocycles. The van der Waals surface area contributed by atoms with Crippen LogP contribution in [0.5, 0.6) is 5.75 Å². The molecule has 0 fully saturated rings. The molecule has 0 aliphatic rings. The highest BCUT2D eigenvalue weighted by atomic mass is 19.3. The summed E-state index contributed by atoms with van der Waals surface area (Å²) in [6.45, 7) is -2.96. The maximum Gasteiger partial charge on any atom is 0.387 e. The first-order valence-electron chi connectivity index (χ1n) is 10.4. The predicted octanol–water partition coefficient (Wildman–Crippen LogP) is 6.94. The molecule has 7 heteroatoms. The van der Waals surface area contributed by atoms with Crippen LogP contribution in [0.4, 0.5) is 13.2 Å². The van der Waals surface area contributed by atoms with E-state index in [1.165, 1.54) is 18.2 Å². The number of imidazole rings is 1. The van der Waals surface area contributed by atoms with Gasteiger partial charge in [-0.2, -0.15) is 14.0 Å². The van der Waals surface area contributed by atoms with E-state index in [-0.39, 0.29) is 5.75 Å². The topological polar surface area (TPSA) is 50.3 Å². The fourth-order valence-electron chi connectivity index (χ4n) is 3.96. The molecule has 0 amide bonds. The van der Waals surface area contributed by atoms with Gasteiger partial charge in [0.2, 0.25) is 0 Å². The standard InChI is InChI=1S/C27H16F3N3O/c28-20-8-5-7-19(14-20)24-15-18(13-12-17-6-1-4-11-25(17)34-27(29)30)21(16-31)26-32-22-9-2-3-10-23(22)33(24)26/h1-15,27H/b13-12+. The van der Waals surface area contributed by atoms with Crippen LogP contribution in [0, 0.1) is 17.1 Å². The Morgan fingerprint density at radius 2 is 1.68 bits per heavy atom. The minimum atomic E-state index is -2.96. The third kappa shape index (κ3) is 3.86. The van der Waals surface area contributed by atoms with Crippen LogP contribution in [0.15, 0.2) is 78.9 Å². The molecule has 0 unspecified atom stereocenters. The minimum absolute atomic E-state index is 0.0187. The number of rotatable bonds is 5. The van der Waals surface area contributed by atoms with Crippen molar-refractivity contribution in [3.8, 4) is 23.1 Å². The minimum Gasteiger partial charge on any atom is -0.434 e. The Bertz CT molecular complexity index is 1600. The summed E-state index contributed by atoms with van der Waals surface area (Å²) in [7, 11) is 0. The second-order valence-electron chi connectivity index (χ2n) is 7.49. The van der Waals surface area contributed by atoms with E-state index in [2.05, 4.69) is 15.8 Å². The Hall–Kier alpha value is -4.57. The number of pyridine rings is 1. The van der Waals surface area contributed by atoms with Gasteiger partial charge in [-0.1, -0.05) is 54.6 Å². The third-order valence-electron chi connectivity index (χ3n) is 5.42. The Balaban J connectivity index is 1.76. The van der Waals surface area contributed by atoms with Crippen LogP contribution in [0.3, 0.4) is 0 Å². The van der Waals surface area contributed by atoms with E-state index in [0.717, 1.165) is 5.52 Å². The van der Waals surface area contributed by atoms with Crippen LogP contribution in [0.1, 0.15) is 16.7 Å². The summed E-state index contributed by atoms with van der Waals surface area (Å²) in [4.78, 5) is 4.66. The number of hydrogen-bond donors (Lipinski definition) is 0. The second kappa shape index (κ2) is 8.75. The first kappa shape index (κ1) is 21.3. The van der Waals surface area contributed by atoms with Crippen LogP contribution < -0.4 is 4.74 Å². The summed E-state index contributed by atoms with van der Waals surface area (Å²) in [6.07, 6.45) is 3.25. The van der Waals surface area contributed by atoms with Gasteiger partial charge in [0.25, 0.3) is 0 Å². The third-order valence-corrected chi connectivity index (χ3v) is 5.42. The lowest BCUT2D eigenvalue weighted by Gasteiger charge is -2.11. The van der Waals surface area contributed by atoms with Gasteiger partial charge in [-0.05, 0) is 42.0 Å². The van der Waals surface area contributed by atoms with E-state index >= 15 is 0 Å². The number of ether oxygens (including phenoxy) is 1. The first-order chi connectivity index (χ1) is 16.5. The number of nitrogens with zero attached hydrogens (tertiary/aromatic N) is 3. The molecule has 166 valence electrons. The predicted molar refractivity (Wildman–Crippen MR) is 125 cm³/mol. The Morgan fingerprint density at radius 1 is 0.912 bits per heavy atom. The van der Waals surface area contributed by atoms with E-state index in [0.29, 0.717) is 39.1 Å². The Labute approximate surface area is 192 Å². The lowest BCUT2D eigenvalue weighted by atomic mass is 10.0. The SMILES string of the molecule is N#Cc1c(/C=C/c2ccccc2OC(F)F)cc(-c2cccc(F)c2)n2c1nc1ccccc12. The summed E-state index contributed by atoms with van der Waals surface area (Å²) in [5, 5.41) is 10.00. The molecular formula is C27H16F3N3O. The fraction of sp³-hybridized carbons (Fsp3) is 0.0370. The molecule has 0 bridgehead atoms. The van der Waals surface area contributed by atoms with Crippen LogP contribution in [0.25, 0.3) is 40.1 Å². The number of para-hydroxylation sites is 3. The molecule has 0 spiro atoms. The van der Waals surface area contributed by atoms with E-state index in [1.807, 2.05) is 28.7 Å². The fourth-order valence-corrected chi connectivity index (χ4v) is 3.96. The zero-order valence-corrected chi connectivity index (χ0v) is 17.6. The van der Waals surface area contributed by atoms with Gasteiger partial charge in [0.1, 0.15) is 23.2 Å². The van der Waals surface area contributed by atoms with E-state index in [4.69, 9.17) is 0 Å². The van der Waals surface area contributed by atoms with Gasteiger partial charge in [0, 0.05) is 11.1 Å². The molecule has 0 atom stereocenters. The number of halogens is 3. The maximum atomic E-state index is 14.1. The number of alkyl halides is 2. The number of fused-ring (bicyclic) bond motifs is 3. The number of hydrogen-bond acceptors (Lipinski definition) is 3. The average Bonchev–Trinajstić information content (AvgIpc) is 3.22. The summed E-state index contributed by atoms with van der Waals surface area (Å²) < 4.78 is 46.1. The van der Waals surface area contributed by atoms with Crippen LogP contribution in [-0.2, 0) is 0 Å². The molecule has 4 nitrogen and oxygen atoms in total. The van der Waals surface area contributed by atoms with Gasteiger partial charge in [-0.25, -0.2) is 9.37 Å². The van der Waals surface area contributed by atoms with Crippen molar-refractivity contribution >= 4 is 28.8 Å². The van der Waals surface area contributed by atoms with Crippen molar-refractivity contribution < 1.29 is 17.9 Å². The first-order valence-corrected chi connectivity index (χ1v) is 10.4. The van der Waals surface area contributed by atoms with Gasteiger partial charge in [-0.15, -0.1) is 0 Å². The monoisotopic (exact) mass is 455 g/mol. The van der Waals surface area contributed by atoms with Gasteiger partial charge < -0.3 is 4.74 Å². The summed E-state index contributed by atoms with van der Waals surface area (Å²) in [5.41, 5.74) is 4.37. The van der Waals surface area contributed by atoms with Crippen molar-refractivity contribution in [2.75, 3.05) is 0 Å². The molecule has 34 heavy (non-hydrogen) atoms.